The summed E-state index contributed by atoms with van der Waals surface area (Å²) in [6, 6.07) is 1.42. The summed E-state index contributed by atoms with van der Waals surface area (Å²) in [4.78, 5) is 9.78. The van der Waals surface area contributed by atoms with Crippen LogP contribution >= 0.6 is 0 Å². The molecule has 0 aromatic carbocycles. The minimum Gasteiger partial charge on any atom is -0.420 e. The fraction of sp³-hybridized carbons (Fsp3) is 1.00. The Bertz CT molecular complexity index is 154. The molecule has 0 aromatic rings. The summed E-state index contributed by atoms with van der Waals surface area (Å²) in [5.41, 5.74) is 0. The van der Waals surface area contributed by atoms with Crippen molar-refractivity contribution in [3.05, 3.63) is 0 Å². The van der Waals surface area contributed by atoms with E-state index in [2.05, 4.69) is 18.4 Å². The van der Waals surface area contributed by atoms with Gasteiger partial charge in [0.15, 0.2) is 9.76 Å². The van der Waals surface area contributed by atoms with E-state index >= 15 is 0 Å². The first-order chi connectivity index (χ1) is 6.39. The zero-order valence-corrected chi connectivity index (χ0v) is 11.9. The molecule has 14 heavy (non-hydrogen) atoms. The van der Waals surface area contributed by atoms with Crippen LogP contribution in [0.1, 0.15) is 27.7 Å². The zero-order valence-electron chi connectivity index (χ0n) is 9.49. The average molecular weight is 238 g/mol. The molecular formula is C8H22O4Si2. The van der Waals surface area contributed by atoms with Gasteiger partial charge in [-0.3, -0.25) is 5.26 Å². The largest absolute Gasteiger partial charge is 0.516 e. The van der Waals surface area contributed by atoms with Gasteiger partial charge in [-0.05, 0) is 17.9 Å². The van der Waals surface area contributed by atoms with E-state index < -0.39 is 18.6 Å². The molecule has 86 valence electrons. The Morgan fingerprint density at radius 3 is 2.14 bits per heavy atom. The van der Waals surface area contributed by atoms with Gasteiger partial charge in [-0.2, -0.15) is 0 Å². The van der Waals surface area contributed by atoms with Gasteiger partial charge in [0.1, 0.15) is 0 Å². The monoisotopic (exact) mass is 238 g/mol. The lowest BCUT2D eigenvalue weighted by molar-refractivity contribution is -0.184. The van der Waals surface area contributed by atoms with Crippen molar-refractivity contribution in [3.8, 4) is 0 Å². The van der Waals surface area contributed by atoms with Crippen molar-refractivity contribution in [1.29, 1.82) is 0 Å². The van der Waals surface area contributed by atoms with Crippen molar-refractivity contribution in [1.82, 2.24) is 0 Å². The highest BCUT2D eigenvalue weighted by molar-refractivity contribution is 6.64. The second kappa shape index (κ2) is 6.70. The standard InChI is InChI=1S/C8H22O4Si2/c1-7(2)5-13-12-14(10,11-9)6-8(3)4/h7-10H,5-6,13H2,1-4H3. The Hall–Kier alpha value is 0.274. The van der Waals surface area contributed by atoms with E-state index in [4.69, 9.17) is 9.37 Å². The van der Waals surface area contributed by atoms with Crippen LogP contribution in [-0.4, -0.2) is 28.6 Å². The molecule has 0 fully saturated rings. The molecule has 0 amide bonds. The van der Waals surface area contributed by atoms with E-state index in [0.717, 1.165) is 6.04 Å². The van der Waals surface area contributed by atoms with Gasteiger partial charge < -0.3 is 8.91 Å². The van der Waals surface area contributed by atoms with Crippen molar-refractivity contribution < 1.29 is 18.7 Å². The van der Waals surface area contributed by atoms with Crippen molar-refractivity contribution in [2.45, 2.75) is 39.8 Å². The molecule has 0 rings (SSSR count). The predicted molar refractivity (Wildman–Crippen MR) is 60.6 cm³/mol. The molecular weight excluding hydrogens is 216 g/mol. The summed E-state index contributed by atoms with van der Waals surface area (Å²) in [7, 11) is -4.00. The third-order valence-electron chi connectivity index (χ3n) is 1.83. The lowest BCUT2D eigenvalue weighted by atomic mass is 10.3. The van der Waals surface area contributed by atoms with Crippen LogP contribution in [0.5, 0.6) is 0 Å². The Balaban J connectivity index is 3.86. The molecule has 2 N–H and O–H groups in total. The van der Waals surface area contributed by atoms with Crippen molar-refractivity contribution in [2.24, 2.45) is 11.8 Å². The first-order valence-corrected chi connectivity index (χ1v) is 8.63. The highest BCUT2D eigenvalue weighted by atomic mass is 28.4. The van der Waals surface area contributed by atoms with E-state index in [9.17, 15) is 4.80 Å². The smallest absolute Gasteiger partial charge is 0.420 e. The van der Waals surface area contributed by atoms with Crippen LogP contribution in [0.3, 0.4) is 0 Å². The lowest BCUT2D eigenvalue weighted by Crippen LogP contribution is -2.44. The maximum Gasteiger partial charge on any atom is 0.516 e. The minimum atomic E-state index is -3.24. The van der Waals surface area contributed by atoms with Crippen LogP contribution in [-0.2, 0) is 8.69 Å². The van der Waals surface area contributed by atoms with Crippen molar-refractivity contribution in [3.63, 3.8) is 0 Å². The first kappa shape index (κ1) is 14.3. The fourth-order valence-electron chi connectivity index (χ4n) is 1.09. The zero-order chi connectivity index (χ0) is 11.2. The van der Waals surface area contributed by atoms with Gasteiger partial charge in [-0.1, -0.05) is 27.7 Å². The fourth-order valence-corrected chi connectivity index (χ4v) is 5.10. The van der Waals surface area contributed by atoms with Gasteiger partial charge in [0.05, 0.1) is 0 Å². The van der Waals surface area contributed by atoms with Gasteiger partial charge in [-0.25, -0.2) is 4.58 Å². The molecule has 0 aliphatic carbocycles. The van der Waals surface area contributed by atoms with Gasteiger partial charge in [-0.15, -0.1) is 0 Å². The Morgan fingerprint density at radius 1 is 1.21 bits per heavy atom. The highest BCUT2D eigenvalue weighted by Gasteiger charge is 2.37. The first-order valence-electron chi connectivity index (χ1n) is 5.08. The van der Waals surface area contributed by atoms with E-state index in [1.165, 1.54) is 0 Å². The summed E-state index contributed by atoms with van der Waals surface area (Å²) in [6.45, 7) is 8.15. The number of hydrogen-bond acceptors (Lipinski definition) is 4. The van der Waals surface area contributed by atoms with Crippen LogP contribution in [0.2, 0.25) is 12.1 Å². The Kier molecular flexibility index (Phi) is 6.83. The number of hydrogen-bond donors (Lipinski definition) is 2. The Morgan fingerprint density at radius 2 is 1.79 bits per heavy atom. The molecule has 4 nitrogen and oxygen atoms in total. The second-order valence-corrected chi connectivity index (χ2v) is 8.59. The quantitative estimate of drug-likeness (QED) is 0.398. The molecule has 1 atom stereocenters. The third kappa shape index (κ3) is 6.69. The summed E-state index contributed by atoms with van der Waals surface area (Å²) >= 11 is 0. The van der Waals surface area contributed by atoms with Crippen LogP contribution in [0.4, 0.5) is 0 Å². The molecule has 0 saturated carbocycles. The van der Waals surface area contributed by atoms with Crippen molar-refractivity contribution >= 4 is 18.6 Å². The average Bonchev–Trinajstić information content (AvgIpc) is 2.02. The maximum absolute atomic E-state index is 9.78. The van der Waals surface area contributed by atoms with Gasteiger partial charge in [0.2, 0.25) is 0 Å². The summed E-state index contributed by atoms with van der Waals surface area (Å²) in [6.07, 6.45) is 0. The van der Waals surface area contributed by atoms with Crippen LogP contribution < -0.4 is 0 Å². The van der Waals surface area contributed by atoms with Crippen LogP contribution in [0, 0.1) is 11.8 Å². The van der Waals surface area contributed by atoms with E-state index in [0.29, 0.717) is 12.0 Å². The SMILES string of the molecule is CC(C)C[SiH2]O[Si](O)(CC(C)C)OO. The molecule has 0 aliphatic rings. The predicted octanol–water partition coefficient (Wildman–Crippen LogP) is 1.24. The summed E-state index contributed by atoms with van der Waals surface area (Å²) in [5.74, 6) is 0.851. The molecule has 0 saturated heterocycles. The second-order valence-electron chi connectivity index (χ2n) is 4.43. The molecule has 0 radical (unpaired) electrons. The van der Waals surface area contributed by atoms with E-state index in [1.54, 1.807) is 0 Å². The van der Waals surface area contributed by atoms with Gasteiger partial charge in [0.25, 0.3) is 0 Å². The Labute approximate surface area is 89.5 Å². The number of rotatable bonds is 7. The van der Waals surface area contributed by atoms with Crippen molar-refractivity contribution in [2.75, 3.05) is 0 Å². The molecule has 1 unspecified atom stereocenters. The molecule has 0 aromatic heterocycles. The molecule has 0 aliphatic heterocycles. The van der Waals surface area contributed by atoms with Gasteiger partial charge >= 0.3 is 8.80 Å². The minimum absolute atomic E-state index is 0.270. The molecule has 0 spiro atoms. The van der Waals surface area contributed by atoms with Crippen LogP contribution in [0.15, 0.2) is 0 Å². The van der Waals surface area contributed by atoms with Gasteiger partial charge in [0, 0.05) is 6.04 Å². The van der Waals surface area contributed by atoms with Crippen LogP contribution in [0.25, 0.3) is 0 Å². The third-order valence-corrected chi connectivity index (χ3v) is 7.46. The summed E-state index contributed by atoms with van der Waals surface area (Å²) in [5, 5.41) is 8.61. The molecule has 0 bridgehead atoms. The lowest BCUT2D eigenvalue weighted by Gasteiger charge is -2.22. The highest BCUT2D eigenvalue weighted by Crippen LogP contribution is 2.16. The molecule has 0 heterocycles. The van der Waals surface area contributed by atoms with E-state index in [1.807, 2.05) is 13.8 Å². The topological polar surface area (TPSA) is 58.9 Å². The van der Waals surface area contributed by atoms with E-state index in [-0.39, 0.29) is 5.92 Å². The normalized spacial score (nSPS) is 17.1. The maximum atomic E-state index is 9.78. The summed E-state index contributed by atoms with van der Waals surface area (Å²) < 4.78 is 9.50. The molecule has 6 heteroatoms.